The summed E-state index contributed by atoms with van der Waals surface area (Å²) in [4.78, 5) is 51.3. The van der Waals surface area contributed by atoms with Crippen LogP contribution in [0.15, 0.2) is 101 Å². The Hall–Kier alpha value is -3.99. The SMILES string of the molecule is O=C(CNC(=O)c1ccccc1)Nc1cc(=O)n(Cc2ccccc2)c(=O)n1-c1ccccc1I. The van der Waals surface area contributed by atoms with Crippen molar-refractivity contribution in [2.45, 2.75) is 6.54 Å². The van der Waals surface area contributed by atoms with Gasteiger partial charge in [-0.1, -0.05) is 60.7 Å². The van der Waals surface area contributed by atoms with E-state index >= 15 is 0 Å². The van der Waals surface area contributed by atoms with Gasteiger partial charge in [0, 0.05) is 15.2 Å². The standard InChI is InChI=1S/C26H21IN4O4/c27-20-13-7-8-14-21(20)31-22(29-23(32)16-28-25(34)19-11-5-2-6-12-19)15-24(33)30(26(31)35)17-18-9-3-1-4-10-18/h1-15H,16-17H2,(H,28,34)(H,29,32). The highest BCUT2D eigenvalue weighted by Crippen LogP contribution is 2.18. The number of nitrogens with zero attached hydrogens (tertiary/aromatic N) is 2. The fraction of sp³-hybridized carbons (Fsp3) is 0.0769. The molecule has 2 N–H and O–H groups in total. The van der Waals surface area contributed by atoms with Crippen LogP contribution in [-0.4, -0.2) is 27.5 Å². The van der Waals surface area contributed by atoms with Gasteiger partial charge in [-0.3, -0.25) is 19.0 Å². The summed E-state index contributed by atoms with van der Waals surface area (Å²) < 4.78 is 3.17. The van der Waals surface area contributed by atoms with Crippen molar-refractivity contribution in [2.24, 2.45) is 0 Å². The van der Waals surface area contributed by atoms with Gasteiger partial charge in [-0.05, 0) is 52.4 Å². The summed E-state index contributed by atoms with van der Waals surface area (Å²) in [7, 11) is 0. The number of nitrogens with one attached hydrogen (secondary N) is 2. The van der Waals surface area contributed by atoms with Crippen molar-refractivity contribution in [1.29, 1.82) is 0 Å². The zero-order valence-electron chi connectivity index (χ0n) is 18.5. The van der Waals surface area contributed by atoms with Gasteiger partial charge in [0.25, 0.3) is 11.5 Å². The van der Waals surface area contributed by atoms with Gasteiger partial charge in [-0.2, -0.15) is 0 Å². The first-order valence-corrected chi connectivity index (χ1v) is 11.8. The number of rotatable bonds is 7. The molecule has 0 aliphatic heterocycles. The maximum atomic E-state index is 13.5. The molecule has 0 bridgehead atoms. The van der Waals surface area contributed by atoms with E-state index in [0.29, 0.717) is 11.3 Å². The number of halogens is 1. The van der Waals surface area contributed by atoms with E-state index in [-0.39, 0.29) is 18.9 Å². The highest BCUT2D eigenvalue weighted by molar-refractivity contribution is 14.1. The molecule has 1 heterocycles. The molecule has 0 saturated carbocycles. The first kappa shape index (κ1) is 24.1. The number of carbonyl (C=O) groups excluding carboxylic acids is 2. The highest BCUT2D eigenvalue weighted by atomic mass is 127. The van der Waals surface area contributed by atoms with Crippen molar-refractivity contribution in [3.05, 3.63) is 127 Å². The molecule has 0 radical (unpaired) electrons. The van der Waals surface area contributed by atoms with Crippen LogP contribution in [-0.2, 0) is 11.3 Å². The van der Waals surface area contributed by atoms with Crippen LogP contribution in [0.2, 0.25) is 0 Å². The van der Waals surface area contributed by atoms with Gasteiger partial charge in [0.05, 0.1) is 18.8 Å². The van der Waals surface area contributed by atoms with Crippen LogP contribution in [0.5, 0.6) is 0 Å². The summed E-state index contributed by atoms with van der Waals surface area (Å²) in [6.45, 7) is -0.246. The number of carbonyl (C=O) groups is 2. The van der Waals surface area contributed by atoms with Gasteiger partial charge in [0.1, 0.15) is 5.82 Å². The third-order valence-electron chi connectivity index (χ3n) is 5.18. The molecule has 8 nitrogen and oxygen atoms in total. The van der Waals surface area contributed by atoms with E-state index in [4.69, 9.17) is 0 Å². The molecule has 0 atom stereocenters. The van der Waals surface area contributed by atoms with E-state index in [0.717, 1.165) is 13.7 Å². The minimum Gasteiger partial charge on any atom is -0.343 e. The lowest BCUT2D eigenvalue weighted by Crippen LogP contribution is -2.41. The summed E-state index contributed by atoms with van der Waals surface area (Å²) in [5.74, 6) is -0.963. The molecule has 0 unspecified atom stereocenters. The molecule has 0 aliphatic rings. The van der Waals surface area contributed by atoms with Crippen LogP contribution >= 0.6 is 22.6 Å². The number of benzene rings is 3. The molecule has 4 aromatic rings. The monoisotopic (exact) mass is 580 g/mol. The molecule has 1 aromatic heterocycles. The van der Waals surface area contributed by atoms with Gasteiger partial charge in [-0.25, -0.2) is 9.36 Å². The van der Waals surface area contributed by atoms with Gasteiger partial charge >= 0.3 is 5.69 Å². The first-order chi connectivity index (χ1) is 16.9. The lowest BCUT2D eigenvalue weighted by molar-refractivity contribution is -0.115. The quantitative estimate of drug-likeness (QED) is 0.329. The van der Waals surface area contributed by atoms with Gasteiger partial charge < -0.3 is 10.6 Å². The Morgan fingerprint density at radius 1 is 0.829 bits per heavy atom. The van der Waals surface area contributed by atoms with E-state index in [1.807, 2.05) is 42.5 Å². The fourth-order valence-electron chi connectivity index (χ4n) is 3.49. The zero-order valence-corrected chi connectivity index (χ0v) is 20.6. The summed E-state index contributed by atoms with van der Waals surface area (Å²) in [6, 6.07) is 26.0. The summed E-state index contributed by atoms with van der Waals surface area (Å²) in [6.07, 6.45) is 0. The van der Waals surface area contributed by atoms with Gasteiger partial charge in [-0.15, -0.1) is 0 Å². The molecule has 4 rings (SSSR count). The van der Waals surface area contributed by atoms with Crippen molar-refractivity contribution >= 4 is 40.2 Å². The molecule has 35 heavy (non-hydrogen) atoms. The Bertz CT molecular complexity index is 1480. The van der Waals surface area contributed by atoms with E-state index in [1.54, 1.807) is 42.5 Å². The highest BCUT2D eigenvalue weighted by Gasteiger charge is 2.17. The molecule has 2 amide bonds. The average Bonchev–Trinajstić information content (AvgIpc) is 2.87. The van der Waals surface area contributed by atoms with Crippen molar-refractivity contribution < 1.29 is 9.59 Å². The normalized spacial score (nSPS) is 10.5. The summed E-state index contributed by atoms with van der Waals surface area (Å²) in [5, 5.41) is 5.15. The van der Waals surface area contributed by atoms with E-state index in [9.17, 15) is 19.2 Å². The Labute approximate surface area is 214 Å². The van der Waals surface area contributed by atoms with Crippen molar-refractivity contribution in [3.8, 4) is 5.69 Å². The van der Waals surface area contributed by atoms with Crippen LogP contribution in [0.3, 0.4) is 0 Å². The minimum absolute atomic E-state index is 0.0207. The van der Waals surface area contributed by atoms with Crippen LogP contribution in [0.1, 0.15) is 15.9 Å². The number of para-hydroxylation sites is 1. The Morgan fingerprint density at radius 3 is 2.14 bits per heavy atom. The van der Waals surface area contributed by atoms with Gasteiger partial charge in [0.15, 0.2) is 0 Å². The van der Waals surface area contributed by atoms with E-state index < -0.39 is 23.1 Å². The van der Waals surface area contributed by atoms with Gasteiger partial charge in [0.2, 0.25) is 5.91 Å². The largest absolute Gasteiger partial charge is 0.343 e. The number of hydrogen-bond acceptors (Lipinski definition) is 4. The molecule has 0 saturated heterocycles. The van der Waals surface area contributed by atoms with Crippen LogP contribution in [0.25, 0.3) is 5.69 Å². The van der Waals surface area contributed by atoms with Crippen LogP contribution < -0.4 is 21.9 Å². The topological polar surface area (TPSA) is 102 Å². The number of hydrogen-bond donors (Lipinski definition) is 2. The van der Waals surface area contributed by atoms with Crippen molar-refractivity contribution in [1.82, 2.24) is 14.5 Å². The molecule has 0 aliphatic carbocycles. The van der Waals surface area contributed by atoms with E-state index in [1.165, 1.54) is 10.6 Å². The third kappa shape index (κ3) is 5.75. The smallest absolute Gasteiger partial charge is 0.337 e. The van der Waals surface area contributed by atoms with E-state index in [2.05, 4.69) is 33.2 Å². The molecular weight excluding hydrogens is 559 g/mol. The van der Waals surface area contributed by atoms with Crippen LogP contribution in [0.4, 0.5) is 5.82 Å². The second-order valence-electron chi connectivity index (χ2n) is 7.61. The predicted octanol–water partition coefficient (Wildman–Crippen LogP) is 3.02. The Kier molecular flexibility index (Phi) is 7.56. The molecule has 0 spiro atoms. The van der Waals surface area contributed by atoms with Crippen molar-refractivity contribution in [2.75, 3.05) is 11.9 Å². The second-order valence-corrected chi connectivity index (χ2v) is 8.77. The number of amides is 2. The third-order valence-corrected chi connectivity index (χ3v) is 6.09. The Morgan fingerprint density at radius 2 is 1.46 bits per heavy atom. The summed E-state index contributed by atoms with van der Waals surface area (Å²) >= 11 is 2.09. The lowest BCUT2D eigenvalue weighted by Gasteiger charge is -2.17. The van der Waals surface area contributed by atoms with Crippen molar-refractivity contribution in [3.63, 3.8) is 0 Å². The molecular formula is C26H21IN4O4. The second kappa shape index (κ2) is 11.0. The predicted molar refractivity (Wildman–Crippen MR) is 142 cm³/mol. The maximum Gasteiger partial charge on any atom is 0.337 e. The molecule has 176 valence electrons. The maximum absolute atomic E-state index is 13.5. The van der Waals surface area contributed by atoms with Crippen LogP contribution in [0, 0.1) is 3.57 Å². The minimum atomic E-state index is -0.589. The average molecular weight is 580 g/mol. The summed E-state index contributed by atoms with van der Waals surface area (Å²) in [5.41, 5.74) is 0.586. The molecule has 0 fully saturated rings. The number of anilines is 1. The number of aromatic nitrogens is 2. The molecule has 9 heteroatoms. The Balaban J connectivity index is 1.66. The fourth-order valence-corrected chi connectivity index (χ4v) is 4.11. The zero-order chi connectivity index (χ0) is 24.8. The molecule has 3 aromatic carbocycles. The first-order valence-electron chi connectivity index (χ1n) is 10.7. The lowest BCUT2D eigenvalue weighted by atomic mass is 10.2.